The Labute approximate surface area is 194 Å². The van der Waals surface area contributed by atoms with E-state index < -0.39 is 16.0 Å². The lowest BCUT2D eigenvalue weighted by Gasteiger charge is -2.34. The van der Waals surface area contributed by atoms with Crippen LogP contribution >= 0.6 is 0 Å². The summed E-state index contributed by atoms with van der Waals surface area (Å²) in [5.41, 5.74) is 2.34. The molecule has 1 aromatic carbocycles. The van der Waals surface area contributed by atoms with Crippen molar-refractivity contribution in [3.63, 3.8) is 0 Å². The number of benzene rings is 1. The third-order valence-electron chi connectivity index (χ3n) is 6.45. The van der Waals surface area contributed by atoms with E-state index in [0.717, 1.165) is 24.9 Å². The SMILES string of the molecule is CCOC(=O)c1ccc(S(=O)(=O)N2CCC(C(=O)N3CCCC3c3ccc(C)cc3)CC2)o1. The Morgan fingerprint density at radius 3 is 2.39 bits per heavy atom. The molecule has 1 amide bonds. The number of ether oxygens (including phenoxy) is 1. The van der Waals surface area contributed by atoms with Crippen molar-refractivity contribution >= 4 is 21.9 Å². The van der Waals surface area contributed by atoms with Crippen molar-refractivity contribution in [2.45, 2.75) is 50.7 Å². The molecule has 1 unspecified atom stereocenters. The molecule has 0 radical (unpaired) electrons. The van der Waals surface area contributed by atoms with Crippen LogP contribution in [0.1, 0.15) is 60.3 Å². The lowest BCUT2D eigenvalue weighted by Crippen LogP contribution is -2.44. The molecule has 0 bridgehead atoms. The van der Waals surface area contributed by atoms with Crippen molar-refractivity contribution in [2.24, 2.45) is 5.92 Å². The highest BCUT2D eigenvalue weighted by atomic mass is 32.2. The summed E-state index contributed by atoms with van der Waals surface area (Å²) in [5, 5.41) is -0.283. The molecule has 2 aromatic rings. The predicted molar refractivity (Wildman–Crippen MR) is 121 cm³/mol. The van der Waals surface area contributed by atoms with Crippen LogP contribution < -0.4 is 0 Å². The number of hydrogen-bond acceptors (Lipinski definition) is 6. The minimum Gasteiger partial charge on any atom is -0.460 e. The highest BCUT2D eigenvalue weighted by Crippen LogP contribution is 2.35. The fraction of sp³-hybridized carbons (Fsp3) is 0.500. The van der Waals surface area contributed by atoms with Crippen molar-refractivity contribution in [1.82, 2.24) is 9.21 Å². The number of amides is 1. The number of piperidine rings is 1. The van der Waals surface area contributed by atoms with E-state index in [2.05, 4.69) is 24.3 Å². The third-order valence-corrected chi connectivity index (χ3v) is 8.23. The van der Waals surface area contributed by atoms with Crippen LogP contribution in [0.25, 0.3) is 0 Å². The Balaban J connectivity index is 1.39. The number of rotatable bonds is 6. The van der Waals surface area contributed by atoms with Gasteiger partial charge in [-0.2, -0.15) is 4.31 Å². The topological polar surface area (TPSA) is 97.1 Å². The van der Waals surface area contributed by atoms with Gasteiger partial charge in [0.05, 0.1) is 12.6 Å². The van der Waals surface area contributed by atoms with Gasteiger partial charge in [0.1, 0.15) is 0 Å². The van der Waals surface area contributed by atoms with Gasteiger partial charge in [0.2, 0.25) is 16.8 Å². The normalized spacial score (nSPS) is 20.2. The van der Waals surface area contributed by atoms with Gasteiger partial charge in [0.15, 0.2) is 0 Å². The zero-order valence-electron chi connectivity index (χ0n) is 19.0. The molecule has 1 atom stereocenters. The van der Waals surface area contributed by atoms with Gasteiger partial charge in [-0.3, -0.25) is 4.79 Å². The number of aryl methyl sites for hydroxylation is 1. The van der Waals surface area contributed by atoms with Crippen LogP contribution in [-0.2, 0) is 19.6 Å². The number of likely N-dealkylation sites (tertiary alicyclic amines) is 1. The van der Waals surface area contributed by atoms with Crippen LogP contribution in [0, 0.1) is 12.8 Å². The average Bonchev–Trinajstić information content (AvgIpc) is 3.50. The number of carbonyl (C=O) groups is 2. The standard InChI is InChI=1S/C24H30N2O6S/c1-3-31-24(28)21-10-11-22(32-21)33(29,30)25-15-12-19(13-16-25)23(27)26-14-4-5-20(26)18-8-6-17(2)7-9-18/h6-11,19-20H,3-5,12-16H2,1-2H3. The molecule has 178 valence electrons. The Kier molecular flexibility index (Phi) is 6.90. The summed E-state index contributed by atoms with van der Waals surface area (Å²) in [7, 11) is -3.88. The van der Waals surface area contributed by atoms with Crippen LogP contribution in [0.15, 0.2) is 45.9 Å². The van der Waals surface area contributed by atoms with Crippen molar-refractivity contribution in [1.29, 1.82) is 0 Å². The van der Waals surface area contributed by atoms with Crippen LogP contribution in [0.4, 0.5) is 0 Å². The van der Waals surface area contributed by atoms with Crippen molar-refractivity contribution in [3.8, 4) is 0 Å². The maximum atomic E-state index is 13.3. The van der Waals surface area contributed by atoms with E-state index in [1.807, 2.05) is 11.8 Å². The second-order valence-corrected chi connectivity index (χ2v) is 10.5. The number of sulfonamides is 1. The molecule has 1 aromatic heterocycles. The maximum Gasteiger partial charge on any atom is 0.374 e. The largest absolute Gasteiger partial charge is 0.460 e. The molecule has 0 aliphatic carbocycles. The number of hydrogen-bond donors (Lipinski definition) is 0. The van der Waals surface area contributed by atoms with Crippen molar-refractivity contribution in [2.75, 3.05) is 26.2 Å². The van der Waals surface area contributed by atoms with Gasteiger partial charge in [-0.05, 0) is 57.2 Å². The van der Waals surface area contributed by atoms with Crippen molar-refractivity contribution in [3.05, 3.63) is 53.3 Å². The zero-order valence-corrected chi connectivity index (χ0v) is 19.8. The van der Waals surface area contributed by atoms with E-state index in [0.29, 0.717) is 12.8 Å². The monoisotopic (exact) mass is 474 g/mol. The van der Waals surface area contributed by atoms with E-state index in [1.54, 1.807) is 6.92 Å². The van der Waals surface area contributed by atoms with Gasteiger partial charge in [-0.25, -0.2) is 13.2 Å². The molecule has 2 aliphatic rings. The third kappa shape index (κ3) is 4.84. The molecular formula is C24H30N2O6S. The summed E-state index contributed by atoms with van der Waals surface area (Å²) >= 11 is 0. The van der Waals surface area contributed by atoms with Crippen LogP contribution in [0.5, 0.6) is 0 Å². The second-order valence-electron chi connectivity index (χ2n) is 8.62. The molecule has 9 heteroatoms. The zero-order chi connectivity index (χ0) is 23.6. The predicted octanol–water partition coefficient (Wildman–Crippen LogP) is 3.53. The Morgan fingerprint density at radius 2 is 1.73 bits per heavy atom. The average molecular weight is 475 g/mol. The Hall–Kier alpha value is -2.65. The summed E-state index contributed by atoms with van der Waals surface area (Å²) in [6, 6.07) is 11.0. The molecule has 0 spiro atoms. The molecule has 3 heterocycles. The van der Waals surface area contributed by atoms with Gasteiger partial charge in [-0.15, -0.1) is 0 Å². The number of nitrogens with zero attached hydrogens (tertiary/aromatic N) is 2. The summed E-state index contributed by atoms with van der Waals surface area (Å²) < 4.78 is 37.4. The lowest BCUT2D eigenvalue weighted by molar-refractivity contribution is -0.137. The highest BCUT2D eigenvalue weighted by Gasteiger charge is 2.38. The molecule has 8 nitrogen and oxygen atoms in total. The first-order valence-corrected chi connectivity index (χ1v) is 12.9. The Bertz CT molecular complexity index is 1100. The number of furan rings is 1. The molecule has 4 rings (SSSR count). The van der Waals surface area contributed by atoms with E-state index in [-0.39, 0.29) is 48.4 Å². The first-order valence-electron chi connectivity index (χ1n) is 11.5. The summed E-state index contributed by atoms with van der Waals surface area (Å²) in [4.78, 5) is 27.1. The van der Waals surface area contributed by atoms with Gasteiger partial charge >= 0.3 is 5.97 Å². The number of esters is 1. The first-order chi connectivity index (χ1) is 15.8. The van der Waals surface area contributed by atoms with Gasteiger partial charge < -0.3 is 14.1 Å². The van der Waals surface area contributed by atoms with E-state index >= 15 is 0 Å². The quantitative estimate of drug-likeness (QED) is 0.594. The van der Waals surface area contributed by atoms with E-state index in [1.165, 1.54) is 22.0 Å². The van der Waals surface area contributed by atoms with E-state index in [4.69, 9.17) is 9.15 Å². The lowest BCUT2D eigenvalue weighted by atomic mass is 9.95. The van der Waals surface area contributed by atoms with Crippen LogP contribution in [0.2, 0.25) is 0 Å². The van der Waals surface area contributed by atoms with Crippen molar-refractivity contribution < 1.29 is 27.2 Å². The van der Waals surface area contributed by atoms with E-state index in [9.17, 15) is 18.0 Å². The van der Waals surface area contributed by atoms with Gasteiger partial charge in [0, 0.05) is 25.6 Å². The van der Waals surface area contributed by atoms with Crippen LogP contribution in [-0.4, -0.2) is 55.7 Å². The molecule has 0 saturated carbocycles. The number of carbonyl (C=O) groups excluding carboxylic acids is 2. The highest BCUT2D eigenvalue weighted by molar-refractivity contribution is 7.89. The van der Waals surface area contributed by atoms with Gasteiger partial charge in [-0.1, -0.05) is 29.8 Å². The molecule has 33 heavy (non-hydrogen) atoms. The Morgan fingerprint density at radius 1 is 1.03 bits per heavy atom. The fourth-order valence-electron chi connectivity index (χ4n) is 4.64. The fourth-order valence-corrected chi connectivity index (χ4v) is 6.02. The molecule has 2 saturated heterocycles. The maximum absolute atomic E-state index is 13.3. The van der Waals surface area contributed by atoms with Gasteiger partial charge in [0.25, 0.3) is 10.0 Å². The second kappa shape index (κ2) is 9.69. The summed E-state index contributed by atoms with van der Waals surface area (Å²) in [6.07, 6.45) is 2.84. The minimum absolute atomic E-state index is 0.0873. The first kappa shape index (κ1) is 23.5. The summed E-state index contributed by atoms with van der Waals surface area (Å²) in [6.45, 7) is 5.08. The minimum atomic E-state index is -3.88. The van der Waals surface area contributed by atoms with Crippen LogP contribution in [0.3, 0.4) is 0 Å². The smallest absolute Gasteiger partial charge is 0.374 e. The molecule has 2 aliphatic heterocycles. The molecule has 2 fully saturated rings. The molecular weight excluding hydrogens is 444 g/mol. The molecule has 0 N–H and O–H groups in total. The summed E-state index contributed by atoms with van der Waals surface area (Å²) in [5.74, 6) is -0.930.